The predicted octanol–water partition coefficient (Wildman–Crippen LogP) is 16.1. The van der Waals surface area contributed by atoms with Crippen LogP contribution in [0.1, 0.15) is 27.8 Å². The molecule has 0 saturated carbocycles. The van der Waals surface area contributed by atoms with Crippen LogP contribution in [-0.4, -0.2) is 0 Å². The monoisotopic (exact) mass is 792 g/mol. The largest absolute Gasteiger partial charge is 0.310 e. The van der Waals surface area contributed by atoms with E-state index >= 15 is 0 Å². The Morgan fingerprint density at radius 3 is 1.68 bits per heavy atom. The van der Waals surface area contributed by atoms with E-state index in [9.17, 15) is 0 Å². The van der Waals surface area contributed by atoms with Gasteiger partial charge in [-0.25, -0.2) is 0 Å². The van der Waals surface area contributed by atoms with Crippen LogP contribution in [0.4, 0.5) is 34.1 Å². The third-order valence-electron chi connectivity index (χ3n) is 12.6. The first-order valence-corrected chi connectivity index (χ1v) is 21.4. The number of anilines is 6. The fourth-order valence-corrected chi connectivity index (χ4v) is 9.87. The minimum absolute atomic E-state index is 0.635. The van der Waals surface area contributed by atoms with Gasteiger partial charge in [0.25, 0.3) is 0 Å². The number of nitrogens with zero attached hydrogens (tertiary/aromatic N) is 2. The molecule has 10 aromatic carbocycles. The van der Waals surface area contributed by atoms with E-state index in [1.807, 2.05) is 0 Å². The number of hydrogen-bond donors (Lipinski definition) is 0. The number of aryl methyl sites for hydroxylation is 1. The first-order chi connectivity index (χ1) is 30.7. The zero-order chi connectivity index (χ0) is 41.5. The van der Waals surface area contributed by atoms with E-state index < -0.39 is 5.41 Å². The molecule has 1 unspecified atom stereocenters. The fourth-order valence-electron chi connectivity index (χ4n) is 9.87. The SMILES string of the molecule is Cc1ccccc1N(c1ccccc1)c1ccc2c(c1)C(c1ccccc1)(c1cccc(N(c3cccc(-c4ccccc4)c3)c3cccc4ccccc34)c1)c1ccccc1-2. The van der Waals surface area contributed by atoms with Crippen LogP contribution >= 0.6 is 0 Å². The molecule has 0 saturated heterocycles. The Balaban J connectivity index is 1.18. The maximum absolute atomic E-state index is 2.46. The van der Waals surface area contributed by atoms with E-state index in [2.05, 4.69) is 265 Å². The summed E-state index contributed by atoms with van der Waals surface area (Å²) in [6.07, 6.45) is 0. The highest BCUT2D eigenvalue weighted by molar-refractivity contribution is 5.99. The minimum Gasteiger partial charge on any atom is -0.310 e. The molecule has 294 valence electrons. The normalized spacial score (nSPS) is 14.0. The summed E-state index contributed by atoms with van der Waals surface area (Å²) in [6, 6.07) is 91.0. The lowest BCUT2D eigenvalue weighted by atomic mass is 9.67. The van der Waals surface area contributed by atoms with E-state index in [4.69, 9.17) is 0 Å². The molecular formula is C60H44N2. The minimum atomic E-state index is -0.635. The van der Waals surface area contributed by atoms with Gasteiger partial charge in [-0.3, -0.25) is 0 Å². The Morgan fingerprint density at radius 1 is 0.323 bits per heavy atom. The summed E-state index contributed by atoms with van der Waals surface area (Å²) < 4.78 is 0. The summed E-state index contributed by atoms with van der Waals surface area (Å²) in [7, 11) is 0. The molecule has 0 aliphatic heterocycles. The molecule has 0 heterocycles. The summed E-state index contributed by atoms with van der Waals surface area (Å²) in [5, 5.41) is 2.40. The Bertz CT molecular complexity index is 3200. The Kier molecular flexibility index (Phi) is 9.32. The third kappa shape index (κ3) is 6.19. The average Bonchev–Trinajstić information content (AvgIpc) is 3.64. The van der Waals surface area contributed by atoms with E-state index in [-0.39, 0.29) is 0 Å². The van der Waals surface area contributed by atoms with Crippen molar-refractivity contribution in [2.45, 2.75) is 12.3 Å². The zero-order valence-corrected chi connectivity index (χ0v) is 34.6. The summed E-state index contributed by atoms with van der Waals surface area (Å²) in [5.74, 6) is 0. The molecule has 0 amide bonds. The highest BCUT2D eigenvalue weighted by Crippen LogP contribution is 2.58. The van der Waals surface area contributed by atoms with Gasteiger partial charge < -0.3 is 9.80 Å². The van der Waals surface area contributed by atoms with Gasteiger partial charge in [0.2, 0.25) is 0 Å². The van der Waals surface area contributed by atoms with Crippen LogP contribution in [0.25, 0.3) is 33.0 Å². The van der Waals surface area contributed by atoms with Crippen LogP contribution in [-0.2, 0) is 5.41 Å². The molecule has 0 bridgehead atoms. The molecule has 62 heavy (non-hydrogen) atoms. The molecule has 0 spiro atoms. The number of para-hydroxylation sites is 2. The van der Waals surface area contributed by atoms with E-state index in [1.54, 1.807) is 0 Å². The second-order valence-electron chi connectivity index (χ2n) is 16.1. The molecule has 0 fully saturated rings. The number of hydrogen-bond acceptors (Lipinski definition) is 2. The van der Waals surface area contributed by atoms with Gasteiger partial charge in [-0.1, -0.05) is 188 Å². The molecular weight excluding hydrogens is 749 g/mol. The Labute approximate surface area is 364 Å². The maximum atomic E-state index is 2.46. The smallest absolute Gasteiger partial charge is 0.0715 e. The van der Waals surface area contributed by atoms with Crippen molar-refractivity contribution >= 4 is 44.9 Å². The number of rotatable bonds is 9. The molecule has 2 nitrogen and oxygen atoms in total. The Hall–Kier alpha value is -7.94. The van der Waals surface area contributed by atoms with Crippen LogP contribution in [0, 0.1) is 6.92 Å². The predicted molar refractivity (Wildman–Crippen MR) is 261 cm³/mol. The van der Waals surface area contributed by atoms with Crippen LogP contribution in [0.3, 0.4) is 0 Å². The van der Waals surface area contributed by atoms with Crippen molar-refractivity contribution < 1.29 is 0 Å². The van der Waals surface area contributed by atoms with Gasteiger partial charge in [0.1, 0.15) is 0 Å². The first-order valence-electron chi connectivity index (χ1n) is 21.4. The van der Waals surface area contributed by atoms with Gasteiger partial charge in [0.15, 0.2) is 0 Å². The van der Waals surface area contributed by atoms with Gasteiger partial charge in [0.05, 0.1) is 11.1 Å². The molecule has 0 radical (unpaired) electrons. The highest BCUT2D eigenvalue weighted by atomic mass is 15.1. The van der Waals surface area contributed by atoms with E-state index in [0.29, 0.717) is 0 Å². The molecule has 2 heteroatoms. The van der Waals surface area contributed by atoms with Crippen molar-refractivity contribution in [2.24, 2.45) is 0 Å². The molecule has 1 aliphatic rings. The van der Waals surface area contributed by atoms with Gasteiger partial charge in [-0.2, -0.15) is 0 Å². The molecule has 1 atom stereocenters. The van der Waals surface area contributed by atoms with Crippen molar-refractivity contribution in [1.82, 2.24) is 0 Å². The second-order valence-corrected chi connectivity index (χ2v) is 16.1. The molecule has 1 aliphatic carbocycles. The van der Waals surface area contributed by atoms with Crippen LogP contribution in [0.2, 0.25) is 0 Å². The molecule has 0 aromatic heterocycles. The average molecular weight is 793 g/mol. The molecule has 10 aromatic rings. The lowest BCUT2D eigenvalue weighted by Gasteiger charge is -2.36. The standard InChI is InChI=1S/C60H44N2/c1-43-20-11-16-36-58(43)61(49-29-9-4-10-30-49)52-38-39-55-54-34-14-15-35-56(54)60(57(55)42-52,47-26-7-3-8-27-47)48-28-19-32-51(41-48)62(59-37-18-24-45-23-12-13-33-53(45)59)50-31-17-25-46(40-50)44-21-5-2-6-22-44/h2-42H,1H3. The lowest BCUT2D eigenvalue weighted by Crippen LogP contribution is -2.29. The number of benzene rings is 10. The lowest BCUT2D eigenvalue weighted by molar-refractivity contribution is 0.768. The maximum Gasteiger partial charge on any atom is 0.0715 e. The van der Waals surface area contributed by atoms with Gasteiger partial charge in [-0.15, -0.1) is 0 Å². The first kappa shape index (κ1) is 37.1. The van der Waals surface area contributed by atoms with Gasteiger partial charge >= 0.3 is 0 Å². The van der Waals surface area contributed by atoms with Gasteiger partial charge in [0, 0.05) is 33.8 Å². The van der Waals surface area contributed by atoms with Crippen LogP contribution in [0.5, 0.6) is 0 Å². The quantitative estimate of drug-likeness (QED) is 0.144. The van der Waals surface area contributed by atoms with Crippen molar-refractivity contribution in [3.05, 3.63) is 277 Å². The van der Waals surface area contributed by atoms with Crippen molar-refractivity contribution in [2.75, 3.05) is 9.80 Å². The van der Waals surface area contributed by atoms with Gasteiger partial charge in [-0.05, 0) is 123 Å². The summed E-state index contributed by atoms with van der Waals surface area (Å²) >= 11 is 0. The topological polar surface area (TPSA) is 6.48 Å². The zero-order valence-electron chi connectivity index (χ0n) is 34.6. The van der Waals surface area contributed by atoms with Crippen LogP contribution < -0.4 is 9.80 Å². The van der Waals surface area contributed by atoms with E-state index in [1.165, 1.54) is 60.8 Å². The highest BCUT2D eigenvalue weighted by Gasteiger charge is 2.46. The van der Waals surface area contributed by atoms with Crippen molar-refractivity contribution in [3.8, 4) is 22.3 Å². The van der Waals surface area contributed by atoms with Crippen molar-refractivity contribution in [3.63, 3.8) is 0 Å². The molecule has 11 rings (SSSR count). The summed E-state index contributed by atoms with van der Waals surface area (Å²) in [4.78, 5) is 4.86. The summed E-state index contributed by atoms with van der Waals surface area (Å²) in [6.45, 7) is 2.20. The third-order valence-corrected chi connectivity index (χ3v) is 12.6. The van der Waals surface area contributed by atoms with Crippen molar-refractivity contribution in [1.29, 1.82) is 0 Å². The molecule has 0 N–H and O–H groups in total. The Morgan fingerprint density at radius 2 is 0.855 bits per heavy atom. The summed E-state index contributed by atoms with van der Waals surface area (Å²) in [5.41, 5.74) is 17.1. The number of fused-ring (bicyclic) bond motifs is 4. The van der Waals surface area contributed by atoms with Crippen LogP contribution in [0.15, 0.2) is 249 Å². The van der Waals surface area contributed by atoms with E-state index in [0.717, 1.165) is 34.1 Å². The second kappa shape index (κ2) is 15.6. The fraction of sp³-hybridized carbons (Fsp3) is 0.0333.